The van der Waals surface area contributed by atoms with Crippen molar-refractivity contribution in [2.75, 3.05) is 7.11 Å². The Morgan fingerprint density at radius 1 is 1.47 bits per heavy atom. The van der Waals surface area contributed by atoms with Gasteiger partial charge in [-0.15, -0.1) is 0 Å². The normalized spacial score (nSPS) is 19.6. The van der Waals surface area contributed by atoms with Gasteiger partial charge in [-0.3, -0.25) is 10.1 Å². The number of allylic oxidation sites excluding steroid dienone is 1. The molecule has 1 atom stereocenters. The van der Waals surface area contributed by atoms with E-state index in [1.165, 1.54) is 0 Å². The first-order valence-electron chi connectivity index (χ1n) is 5.67. The molecule has 1 unspecified atom stereocenters. The van der Waals surface area contributed by atoms with Gasteiger partial charge in [0.1, 0.15) is 5.75 Å². The SMILES string of the molecule is COc1cccc(C2=CCCC([N+](=O)[O-])C2)c1. The highest BCUT2D eigenvalue weighted by atomic mass is 16.6. The van der Waals surface area contributed by atoms with Gasteiger partial charge in [0.05, 0.1) is 7.11 Å². The summed E-state index contributed by atoms with van der Waals surface area (Å²) in [7, 11) is 1.62. The van der Waals surface area contributed by atoms with Crippen LogP contribution in [0.3, 0.4) is 0 Å². The molecule has 4 heteroatoms. The molecule has 0 fully saturated rings. The molecule has 0 N–H and O–H groups in total. The van der Waals surface area contributed by atoms with Gasteiger partial charge in [-0.1, -0.05) is 18.2 Å². The van der Waals surface area contributed by atoms with Gasteiger partial charge < -0.3 is 4.74 Å². The minimum absolute atomic E-state index is 0.173. The van der Waals surface area contributed by atoms with Crippen molar-refractivity contribution in [3.63, 3.8) is 0 Å². The molecule has 0 aromatic heterocycles. The molecular formula is C13H15NO3. The van der Waals surface area contributed by atoms with Crippen LogP contribution in [0, 0.1) is 10.1 Å². The first-order chi connectivity index (χ1) is 8.20. The van der Waals surface area contributed by atoms with Crippen molar-refractivity contribution >= 4 is 5.57 Å². The largest absolute Gasteiger partial charge is 0.497 e. The molecule has 17 heavy (non-hydrogen) atoms. The molecule has 1 aromatic rings. The third-order valence-corrected chi connectivity index (χ3v) is 3.08. The standard InChI is InChI=1S/C13H15NO3/c1-17-13-7-3-5-11(9-13)10-4-2-6-12(8-10)14(15)16/h3-5,7,9,12H,2,6,8H2,1H3. The lowest BCUT2D eigenvalue weighted by Crippen LogP contribution is -2.21. The molecule has 0 amide bonds. The van der Waals surface area contributed by atoms with Crippen molar-refractivity contribution in [3.8, 4) is 5.75 Å². The monoisotopic (exact) mass is 233 g/mol. The average Bonchev–Trinajstić information content (AvgIpc) is 2.39. The van der Waals surface area contributed by atoms with Crippen molar-refractivity contribution in [2.45, 2.75) is 25.3 Å². The Balaban J connectivity index is 2.21. The van der Waals surface area contributed by atoms with E-state index < -0.39 is 6.04 Å². The molecule has 1 aromatic carbocycles. The number of benzene rings is 1. The Morgan fingerprint density at radius 3 is 3.00 bits per heavy atom. The van der Waals surface area contributed by atoms with Crippen LogP contribution in [-0.2, 0) is 0 Å². The Hall–Kier alpha value is -1.84. The van der Waals surface area contributed by atoms with Crippen molar-refractivity contribution in [3.05, 3.63) is 46.0 Å². The highest BCUT2D eigenvalue weighted by Crippen LogP contribution is 2.30. The summed E-state index contributed by atoms with van der Waals surface area (Å²) in [5.74, 6) is 0.784. The first-order valence-corrected chi connectivity index (χ1v) is 5.67. The molecule has 0 spiro atoms. The topological polar surface area (TPSA) is 52.4 Å². The fraction of sp³-hybridized carbons (Fsp3) is 0.385. The van der Waals surface area contributed by atoms with Crippen molar-refractivity contribution in [1.29, 1.82) is 0 Å². The molecular weight excluding hydrogens is 218 g/mol. The molecule has 0 saturated carbocycles. The van der Waals surface area contributed by atoms with Gasteiger partial charge in [-0.25, -0.2) is 0 Å². The van der Waals surface area contributed by atoms with Crippen molar-refractivity contribution in [2.24, 2.45) is 0 Å². The second-order valence-corrected chi connectivity index (χ2v) is 4.18. The molecule has 2 rings (SSSR count). The van der Waals surface area contributed by atoms with Gasteiger partial charge >= 0.3 is 0 Å². The maximum atomic E-state index is 10.8. The number of hydrogen-bond donors (Lipinski definition) is 0. The third-order valence-electron chi connectivity index (χ3n) is 3.08. The zero-order valence-electron chi connectivity index (χ0n) is 9.76. The maximum Gasteiger partial charge on any atom is 0.217 e. The zero-order chi connectivity index (χ0) is 12.3. The summed E-state index contributed by atoms with van der Waals surface area (Å²) in [5.41, 5.74) is 2.08. The van der Waals surface area contributed by atoms with Crippen LogP contribution in [0.5, 0.6) is 5.75 Å². The fourth-order valence-corrected chi connectivity index (χ4v) is 2.13. The number of nitrogens with zero attached hydrogens (tertiary/aromatic N) is 1. The molecule has 0 aliphatic heterocycles. The number of ether oxygens (including phenoxy) is 1. The minimum atomic E-state index is -0.443. The Bertz CT molecular complexity index is 454. The van der Waals surface area contributed by atoms with E-state index in [2.05, 4.69) is 6.08 Å². The van der Waals surface area contributed by atoms with E-state index in [1.807, 2.05) is 24.3 Å². The van der Waals surface area contributed by atoms with E-state index in [4.69, 9.17) is 4.74 Å². The Labute approximate surface area is 100 Å². The van der Waals surface area contributed by atoms with Crippen LogP contribution in [-0.4, -0.2) is 18.1 Å². The molecule has 1 aliphatic carbocycles. The summed E-state index contributed by atoms with van der Waals surface area (Å²) in [6.07, 6.45) is 4.02. The van der Waals surface area contributed by atoms with E-state index >= 15 is 0 Å². The summed E-state index contributed by atoms with van der Waals surface area (Å²) in [6.45, 7) is 0. The lowest BCUT2D eigenvalue weighted by atomic mass is 9.90. The van der Waals surface area contributed by atoms with E-state index in [1.54, 1.807) is 7.11 Å². The Kier molecular flexibility index (Phi) is 3.42. The molecule has 0 radical (unpaired) electrons. The van der Waals surface area contributed by atoms with Crippen LogP contribution in [0.2, 0.25) is 0 Å². The Morgan fingerprint density at radius 2 is 2.29 bits per heavy atom. The molecule has 4 nitrogen and oxygen atoms in total. The summed E-state index contributed by atoms with van der Waals surface area (Å²) < 4.78 is 5.16. The van der Waals surface area contributed by atoms with Crippen LogP contribution in [0.1, 0.15) is 24.8 Å². The van der Waals surface area contributed by atoms with Crippen molar-refractivity contribution in [1.82, 2.24) is 0 Å². The van der Waals surface area contributed by atoms with Gasteiger partial charge in [0.15, 0.2) is 0 Å². The second kappa shape index (κ2) is 4.99. The molecule has 0 bridgehead atoms. The number of methoxy groups -OCH3 is 1. The number of nitro groups is 1. The van der Waals surface area contributed by atoms with Gasteiger partial charge in [0, 0.05) is 17.8 Å². The van der Waals surface area contributed by atoms with Gasteiger partial charge in [0.25, 0.3) is 0 Å². The van der Waals surface area contributed by atoms with Crippen LogP contribution >= 0.6 is 0 Å². The predicted octanol–water partition coefficient (Wildman–Crippen LogP) is 2.91. The molecule has 0 saturated heterocycles. The second-order valence-electron chi connectivity index (χ2n) is 4.18. The van der Waals surface area contributed by atoms with E-state index in [-0.39, 0.29) is 4.92 Å². The minimum Gasteiger partial charge on any atom is -0.497 e. The quantitative estimate of drug-likeness (QED) is 0.595. The summed E-state index contributed by atoms with van der Waals surface area (Å²) >= 11 is 0. The number of hydrogen-bond acceptors (Lipinski definition) is 3. The molecule has 1 aliphatic rings. The van der Waals surface area contributed by atoms with Gasteiger partial charge in [-0.05, 0) is 29.7 Å². The highest BCUT2D eigenvalue weighted by Gasteiger charge is 2.25. The zero-order valence-corrected chi connectivity index (χ0v) is 9.76. The van der Waals surface area contributed by atoms with Crippen LogP contribution < -0.4 is 4.74 Å². The highest BCUT2D eigenvalue weighted by molar-refractivity contribution is 5.67. The van der Waals surface area contributed by atoms with E-state index in [9.17, 15) is 10.1 Å². The smallest absolute Gasteiger partial charge is 0.217 e. The van der Waals surface area contributed by atoms with E-state index in [0.29, 0.717) is 12.8 Å². The lowest BCUT2D eigenvalue weighted by Gasteiger charge is -2.17. The predicted molar refractivity (Wildman–Crippen MR) is 65.6 cm³/mol. The summed E-state index contributed by atoms with van der Waals surface area (Å²) in [5, 5.41) is 10.8. The van der Waals surface area contributed by atoms with Gasteiger partial charge in [0.2, 0.25) is 6.04 Å². The number of rotatable bonds is 3. The summed E-state index contributed by atoms with van der Waals surface area (Å²) in [4.78, 5) is 10.6. The van der Waals surface area contributed by atoms with Crippen LogP contribution in [0.15, 0.2) is 30.3 Å². The van der Waals surface area contributed by atoms with Gasteiger partial charge in [-0.2, -0.15) is 0 Å². The lowest BCUT2D eigenvalue weighted by molar-refractivity contribution is -0.522. The summed E-state index contributed by atoms with van der Waals surface area (Å²) in [6, 6.07) is 7.23. The van der Waals surface area contributed by atoms with Crippen LogP contribution in [0.25, 0.3) is 5.57 Å². The maximum absolute atomic E-state index is 10.8. The van der Waals surface area contributed by atoms with Crippen molar-refractivity contribution < 1.29 is 9.66 Å². The molecule has 0 heterocycles. The van der Waals surface area contributed by atoms with Crippen LogP contribution in [0.4, 0.5) is 0 Å². The third kappa shape index (κ3) is 2.64. The first kappa shape index (κ1) is 11.6. The molecule has 90 valence electrons. The average molecular weight is 233 g/mol. The fourth-order valence-electron chi connectivity index (χ4n) is 2.13. The van der Waals surface area contributed by atoms with E-state index in [0.717, 1.165) is 23.3 Å².